The van der Waals surface area contributed by atoms with Crippen LogP contribution in [0.1, 0.15) is 61.6 Å². The van der Waals surface area contributed by atoms with Crippen LogP contribution < -0.4 is 14.8 Å². The van der Waals surface area contributed by atoms with Crippen LogP contribution in [0.5, 0.6) is 11.5 Å². The number of hydrogen-bond donors (Lipinski definition) is 1. The number of carbonyl (C=O) groups is 3. The lowest BCUT2D eigenvalue weighted by Crippen LogP contribution is -2.42. The Kier molecular flexibility index (Phi) is 7.68. The minimum absolute atomic E-state index is 0.0592. The molecule has 0 bridgehead atoms. The molecule has 1 aliphatic rings. The largest absolute Gasteiger partial charge is 0.493 e. The topological polar surface area (TPSA) is 104 Å². The summed E-state index contributed by atoms with van der Waals surface area (Å²) in [6, 6.07) is 8.70. The Morgan fingerprint density at radius 2 is 1.82 bits per heavy atom. The van der Waals surface area contributed by atoms with Crippen LogP contribution in [0.25, 0.3) is 0 Å². The molecule has 0 spiro atoms. The smallest absolute Gasteiger partial charge is 0.328 e. The fourth-order valence-corrected chi connectivity index (χ4v) is 3.76. The van der Waals surface area contributed by atoms with Gasteiger partial charge in [0.25, 0.3) is 5.91 Å². The predicted molar refractivity (Wildman–Crippen MR) is 121 cm³/mol. The molecule has 176 valence electrons. The molecular formula is C25H30N2O6. The number of benzene rings is 1. The molecular weight excluding hydrogens is 424 g/mol. The Hall–Kier alpha value is -3.42. The van der Waals surface area contributed by atoms with E-state index in [0.717, 1.165) is 12.8 Å². The number of aromatic nitrogens is 1. The number of nitrogens with zero attached hydrogens (tertiary/aromatic N) is 1. The highest BCUT2D eigenvalue weighted by Gasteiger charge is 2.31. The van der Waals surface area contributed by atoms with E-state index >= 15 is 0 Å². The summed E-state index contributed by atoms with van der Waals surface area (Å²) < 4.78 is 16.3. The lowest BCUT2D eigenvalue weighted by atomic mass is 9.82. The first-order valence-corrected chi connectivity index (χ1v) is 11.1. The van der Waals surface area contributed by atoms with E-state index in [1.54, 1.807) is 20.8 Å². The van der Waals surface area contributed by atoms with Crippen molar-refractivity contribution in [3.05, 3.63) is 53.3 Å². The molecule has 3 rings (SSSR count). The highest BCUT2D eigenvalue weighted by Crippen LogP contribution is 2.33. The minimum atomic E-state index is -0.927. The number of esters is 2. The van der Waals surface area contributed by atoms with Crippen LogP contribution in [0.15, 0.2) is 36.5 Å². The van der Waals surface area contributed by atoms with Crippen LogP contribution in [-0.4, -0.2) is 42.1 Å². The Morgan fingerprint density at radius 3 is 2.52 bits per heavy atom. The van der Waals surface area contributed by atoms with E-state index in [4.69, 9.17) is 14.2 Å². The van der Waals surface area contributed by atoms with E-state index in [2.05, 4.69) is 22.4 Å². The number of aryl methyl sites for hydroxylation is 1. The molecule has 2 unspecified atom stereocenters. The highest BCUT2D eigenvalue weighted by atomic mass is 16.6. The van der Waals surface area contributed by atoms with E-state index in [0.29, 0.717) is 0 Å². The summed E-state index contributed by atoms with van der Waals surface area (Å²) in [5.74, 6) is -2.00. The number of nitrogens with one attached hydrogen (secondary N) is 1. The highest BCUT2D eigenvalue weighted by molar-refractivity contribution is 5.98. The van der Waals surface area contributed by atoms with Gasteiger partial charge in [0.2, 0.25) is 5.75 Å². The Morgan fingerprint density at radius 1 is 1.09 bits per heavy atom. The molecule has 0 saturated carbocycles. The van der Waals surface area contributed by atoms with Crippen molar-refractivity contribution in [1.82, 2.24) is 10.3 Å². The van der Waals surface area contributed by atoms with E-state index in [1.807, 2.05) is 19.1 Å². The van der Waals surface area contributed by atoms with Crippen molar-refractivity contribution in [3.63, 3.8) is 0 Å². The molecule has 33 heavy (non-hydrogen) atoms. The number of pyridine rings is 1. The van der Waals surface area contributed by atoms with Crippen LogP contribution in [0.2, 0.25) is 0 Å². The lowest BCUT2D eigenvalue weighted by molar-refractivity contribution is -0.152. The fourth-order valence-electron chi connectivity index (χ4n) is 3.76. The molecule has 0 fully saturated rings. The van der Waals surface area contributed by atoms with Crippen molar-refractivity contribution in [1.29, 1.82) is 0 Å². The second-order valence-electron chi connectivity index (χ2n) is 8.46. The first-order valence-electron chi connectivity index (χ1n) is 11.1. The standard InChI is InChI=1S/C25H30N2O6/c1-14(2)24(29)33-22-20(31-5)12-13-26-21(22)23(28)27-16(4)25(30)32-19-11-10-17-8-6-7-9-18(17)15(19)3/h6-9,12-16,19H,10-11H2,1-5H3,(H,27,28)/t15?,16-,19?/m0/s1. The maximum atomic E-state index is 12.9. The van der Waals surface area contributed by atoms with Gasteiger partial charge in [-0.05, 0) is 30.9 Å². The molecule has 0 saturated heterocycles. The Labute approximate surface area is 193 Å². The van der Waals surface area contributed by atoms with Gasteiger partial charge < -0.3 is 19.5 Å². The molecule has 8 nitrogen and oxygen atoms in total. The summed E-state index contributed by atoms with van der Waals surface area (Å²) >= 11 is 0. The second kappa shape index (κ2) is 10.5. The molecule has 1 aliphatic carbocycles. The average Bonchev–Trinajstić information content (AvgIpc) is 2.80. The summed E-state index contributed by atoms with van der Waals surface area (Å²) in [6.07, 6.45) is 2.64. The van der Waals surface area contributed by atoms with Gasteiger partial charge in [0.1, 0.15) is 12.1 Å². The van der Waals surface area contributed by atoms with Crippen molar-refractivity contribution in [3.8, 4) is 11.5 Å². The zero-order valence-electron chi connectivity index (χ0n) is 19.6. The van der Waals surface area contributed by atoms with E-state index < -0.39 is 29.8 Å². The number of methoxy groups -OCH3 is 1. The molecule has 1 N–H and O–H groups in total. The van der Waals surface area contributed by atoms with Gasteiger partial charge in [-0.25, -0.2) is 9.78 Å². The van der Waals surface area contributed by atoms with E-state index in [9.17, 15) is 14.4 Å². The molecule has 1 aromatic carbocycles. The van der Waals surface area contributed by atoms with Crippen molar-refractivity contribution in [2.24, 2.45) is 5.92 Å². The number of rotatable bonds is 7. The minimum Gasteiger partial charge on any atom is -0.493 e. The first kappa shape index (κ1) is 24.2. The second-order valence-corrected chi connectivity index (χ2v) is 8.46. The van der Waals surface area contributed by atoms with Gasteiger partial charge in [0, 0.05) is 18.2 Å². The molecule has 0 radical (unpaired) electrons. The zero-order valence-corrected chi connectivity index (χ0v) is 19.6. The third kappa shape index (κ3) is 5.50. The van der Waals surface area contributed by atoms with Crippen LogP contribution in [0.4, 0.5) is 0 Å². The predicted octanol–water partition coefficient (Wildman–Crippen LogP) is 3.43. The third-order valence-corrected chi connectivity index (χ3v) is 5.75. The van der Waals surface area contributed by atoms with Gasteiger partial charge in [0.05, 0.1) is 13.0 Å². The number of carbonyl (C=O) groups excluding carboxylic acids is 3. The molecule has 2 aromatic rings. The van der Waals surface area contributed by atoms with Gasteiger partial charge in [-0.2, -0.15) is 0 Å². The number of fused-ring (bicyclic) bond motifs is 1. The molecule has 3 atom stereocenters. The van der Waals surface area contributed by atoms with Gasteiger partial charge in [-0.15, -0.1) is 0 Å². The van der Waals surface area contributed by atoms with Gasteiger partial charge in [-0.3, -0.25) is 9.59 Å². The molecule has 1 heterocycles. The summed E-state index contributed by atoms with van der Waals surface area (Å²) in [6.45, 7) is 6.93. The molecule has 8 heteroatoms. The lowest BCUT2D eigenvalue weighted by Gasteiger charge is -2.31. The third-order valence-electron chi connectivity index (χ3n) is 5.75. The number of ether oxygens (including phenoxy) is 3. The average molecular weight is 455 g/mol. The first-order chi connectivity index (χ1) is 15.7. The monoisotopic (exact) mass is 454 g/mol. The maximum Gasteiger partial charge on any atom is 0.328 e. The molecule has 1 aromatic heterocycles. The van der Waals surface area contributed by atoms with Crippen molar-refractivity contribution in [2.45, 2.75) is 58.6 Å². The van der Waals surface area contributed by atoms with Gasteiger partial charge in [-0.1, -0.05) is 45.0 Å². The SMILES string of the molecule is COc1ccnc(C(=O)N[C@@H](C)C(=O)OC2CCc3ccccc3C2C)c1OC(=O)C(C)C. The van der Waals surface area contributed by atoms with Crippen LogP contribution >= 0.6 is 0 Å². The van der Waals surface area contributed by atoms with Crippen LogP contribution in [0.3, 0.4) is 0 Å². The number of hydrogen-bond acceptors (Lipinski definition) is 7. The van der Waals surface area contributed by atoms with Gasteiger partial charge >= 0.3 is 11.9 Å². The summed E-state index contributed by atoms with van der Waals surface area (Å²) in [5.41, 5.74) is 2.30. The van der Waals surface area contributed by atoms with Gasteiger partial charge in [0.15, 0.2) is 11.4 Å². The van der Waals surface area contributed by atoms with Crippen LogP contribution in [-0.2, 0) is 20.7 Å². The summed E-state index contributed by atoms with van der Waals surface area (Å²) in [4.78, 5) is 41.8. The van der Waals surface area contributed by atoms with E-state index in [1.165, 1.54) is 30.5 Å². The van der Waals surface area contributed by atoms with Crippen LogP contribution in [0, 0.1) is 5.92 Å². The quantitative estimate of drug-likeness (QED) is 0.639. The summed E-state index contributed by atoms with van der Waals surface area (Å²) in [7, 11) is 1.40. The normalized spacial score (nSPS) is 18.1. The summed E-state index contributed by atoms with van der Waals surface area (Å²) in [5, 5.41) is 2.59. The Balaban J connectivity index is 1.69. The van der Waals surface area contributed by atoms with Crippen molar-refractivity contribution < 1.29 is 28.6 Å². The molecule has 0 aliphatic heterocycles. The van der Waals surface area contributed by atoms with E-state index in [-0.39, 0.29) is 29.2 Å². The fraction of sp³-hybridized carbons (Fsp3) is 0.440. The zero-order chi connectivity index (χ0) is 24.1. The van der Waals surface area contributed by atoms with Crippen molar-refractivity contribution in [2.75, 3.05) is 7.11 Å². The molecule has 1 amide bonds. The maximum absolute atomic E-state index is 12.9. The Bertz CT molecular complexity index is 1040. The van der Waals surface area contributed by atoms with Crippen molar-refractivity contribution >= 4 is 17.8 Å². The number of amides is 1.